The maximum atomic E-state index is 12.7. The number of aliphatic hydroxyl groups excluding tert-OH is 2. The molecule has 1 fully saturated rings. The highest BCUT2D eigenvalue weighted by Crippen LogP contribution is 2.59. The molecule has 7 atom stereocenters. The molecule has 0 amide bonds. The number of hydrogen-bond donors (Lipinski definition) is 5. The molecule has 32 heavy (non-hydrogen) atoms. The molecule has 3 rings (SSSR count). The van der Waals surface area contributed by atoms with Gasteiger partial charge in [0.15, 0.2) is 22.4 Å². The van der Waals surface area contributed by atoms with Gasteiger partial charge in [0.25, 0.3) is 0 Å². The number of aromatic nitrogens is 4. The van der Waals surface area contributed by atoms with E-state index in [2.05, 4.69) is 15.0 Å². The van der Waals surface area contributed by atoms with Crippen LogP contribution in [0.15, 0.2) is 6.33 Å². The Hall–Kier alpha value is -1.37. The lowest BCUT2D eigenvalue weighted by atomic mass is 9.93. The number of hydrogen-bond acceptors (Lipinski definition) is 10. The lowest BCUT2D eigenvalue weighted by Crippen LogP contribution is -2.40. The minimum atomic E-state index is -4.44. The van der Waals surface area contributed by atoms with Gasteiger partial charge in [-0.1, -0.05) is 25.4 Å². The summed E-state index contributed by atoms with van der Waals surface area (Å²) >= 11 is 6.05. The van der Waals surface area contributed by atoms with Crippen molar-refractivity contribution in [2.75, 3.05) is 5.73 Å². The second-order valence-corrected chi connectivity index (χ2v) is 11.0. The molecule has 0 aliphatic carbocycles. The third-order valence-corrected chi connectivity index (χ3v) is 8.50. The van der Waals surface area contributed by atoms with Crippen molar-refractivity contribution in [3.63, 3.8) is 0 Å². The highest BCUT2D eigenvalue weighted by molar-refractivity contribution is 7.54. The van der Waals surface area contributed by atoms with Crippen LogP contribution >= 0.6 is 19.2 Å². The van der Waals surface area contributed by atoms with Crippen molar-refractivity contribution in [2.45, 2.75) is 82.4 Å². The summed E-state index contributed by atoms with van der Waals surface area (Å²) in [6.45, 7) is 6.12. The average Bonchev–Trinajstić information content (AvgIpc) is 3.23. The molecular weight excluding hydrogens is 465 g/mol. The summed E-state index contributed by atoms with van der Waals surface area (Å²) in [7, 11) is -4.44. The molecule has 2 aromatic rings. The van der Waals surface area contributed by atoms with Gasteiger partial charge in [-0.15, -0.1) is 0 Å². The van der Waals surface area contributed by atoms with Crippen LogP contribution in [0.3, 0.4) is 0 Å². The fourth-order valence-electron chi connectivity index (χ4n) is 3.48. The zero-order chi connectivity index (χ0) is 24.1. The van der Waals surface area contributed by atoms with E-state index < -0.39 is 43.1 Å². The maximum Gasteiger partial charge on any atom is 0.359 e. The van der Waals surface area contributed by atoms with Gasteiger partial charge in [0, 0.05) is 6.42 Å². The van der Waals surface area contributed by atoms with Crippen LogP contribution in [-0.2, 0) is 13.8 Å². The van der Waals surface area contributed by atoms with Gasteiger partial charge in [-0.05, 0) is 26.7 Å². The lowest BCUT2D eigenvalue weighted by molar-refractivity contribution is -0.0689. The summed E-state index contributed by atoms with van der Waals surface area (Å²) in [6.07, 6.45) is -3.16. The molecule has 1 aliphatic heterocycles. The van der Waals surface area contributed by atoms with Gasteiger partial charge >= 0.3 is 7.60 Å². The molecule has 180 valence electrons. The average molecular weight is 494 g/mol. The number of halogens is 1. The predicted molar refractivity (Wildman–Crippen MR) is 116 cm³/mol. The number of nitrogens with two attached hydrogens (primary N) is 1. The fraction of sp³-hybridized carbons (Fsp3) is 0.722. The highest BCUT2D eigenvalue weighted by atomic mass is 35.5. The standard InChI is InChI=1S/C18H29ClN5O7P/c1-5-17(3,31-32(28,29)18(4,27)6-2)7-9-11(25)12(26)15(30-9)24-8-21-10-13(19)22-16(20)23-14(10)24/h8-9,11-12,15,25-27H,5-7H2,1-4H3,(H,28,29)(H2,20,22,23)/t9?,11-,12-,15-,17?,18?/m1/s1. The van der Waals surface area contributed by atoms with Crippen LogP contribution in [0, 0.1) is 0 Å². The molecule has 14 heteroatoms. The van der Waals surface area contributed by atoms with Gasteiger partial charge < -0.3 is 35.2 Å². The van der Waals surface area contributed by atoms with Crippen LogP contribution in [0.2, 0.25) is 5.15 Å². The summed E-state index contributed by atoms with van der Waals surface area (Å²) in [4.78, 5) is 22.4. The van der Waals surface area contributed by atoms with Crippen LogP contribution in [0.5, 0.6) is 0 Å². The zero-order valence-corrected chi connectivity index (χ0v) is 19.9. The molecule has 0 bridgehead atoms. The predicted octanol–water partition coefficient (Wildman–Crippen LogP) is 1.56. The number of fused-ring (bicyclic) bond motifs is 1. The van der Waals surface area contributed by atoms with E-state index in [0.29, 0.717) is 0 Å². The van der Waals surface area contributed by atoms with Crippen LogP contribution in [0.1, 0.15) is 53.2 Å². The Bertz CT molecular complexity index is 1040. The van der Waals surface area contributed by atoms with E-state index in [9.17, 15) is 24.8 Å². The molecule has 6 N–H and O–H groups in total. The highest BCUT2D eigenvalue weighted by Gasteiger charge is 2.50. The van der Waals surface area contributed by atoms with Crippen molar-refractivity contribution in [3.8, 4) is 0 Å². The van der Waals surface area contributed by atoms with E-state index in [1.165, 1.54) is 17.8 Å². The first kappa shape index (κ1) is 25.3. The van der Waals surface area contributed by atoms with Gasteiger partial charge in [-0.3, -0.25) is 9.13 Å². The Morgan fingerprint density at radius 3 is 2.53 bits per heavy atom. The number of imidazole rings is 1. The first-order valence-corrected chi connectivity index (χ1v) is 12.1. The van der Waals surface area contributed by atoms with Crippen LogP contribution < -0.4 is 5.73 Å². The second-order valence-electron chi connectivity index (χ2n) is 8.43. The second kappa shape index (κ2) is 8.77. The minimum absolute atomic E-state index is 0.00512. The van der Waals surface area contributed by atoms with E-state index in [1.807, 2.05) is 0 Å². The number of nitrogens with zero attached hydrogens (tertiary/aromatic N) is 4. The number of ether oxygens (including phenoxy) is 1. The molecule has 1 aliphatic rings. The molecule has 0 aromatic carbocycles. The zero-order valence-electron chi connectivity index (χ0n) is 18.2. The summed E-state index contributed by atoms with van der Waals surface area (Å²) in [5, 5.41) is 29.7. The Kier molecular flexibility index (Phi) is 6.92. The smallest absolute Gasteiger partial charge is 0.359 e. The number of anilines is 1. The van der Waals surface area contributed by atoms with Crippen molar-refractivity contribution in [1.82, 2.24) is 19.5 Å². The van der Waals surface area contributed by atoms with Crippen molar-refractivity contribution < 1.29 is 34.0 Å². The SMILES string of the molecule is CCC(C)(CC1O[C@@H](n2cnc3c(Cl)nc(N)nc32)[C@H](O)[C@@H]1O)OP(=O)(O)C(C)(O)CC. The van der Waals surface area contributed by atoms with Crippen molar-refractivity contribution in [3.05, 3.63) is 11.5 Å². The third kappa shape index (κ3) is 4.51. The molecule has 4 unspecified atom stereocenters. The number of nitrogen functional groups attached to an aromatic ring is 1. The molecular formula is C18H29ClN5O7P. The Labute approximate surface area is 189 Å². The van der Waals surface area contributed by atoms with Crippen molar-refractivity contribution >= 4 is 36.3 Å². The van der Waals surface area contributed by atoms with Crippen LogP contribution in [0.4, 0.5) is 5.95 Å². The van der Waals surface area contributed by atoms with E-state index in [4.69, 9.17) is 26.6 Å². The Balaban J connectivity index is 1.86. The minimum Gasteiger partial charge on any atom is -0.388 e. The van der Waals surface area contributed by atoms with Crippen molar-refractivity contribution in [2.24, 2.45) is 0 Å². The number of rotatable bonds is 8. The van der Waals surface area contributed by atoms with Gasteiger partial charge in [0.05, 0.1) is 18.0 Å². The van der Waals surface area contributed by atoms with Crippen LogP contribution in [-0.4, -0.2) is 69.0 Å². The summed E-state index contributed by atoms with van der Waals surface area (Å²) in [5.41, 5.74) is 4.89. The van der Waals surface area contributed by atoms with Gasteiger partial charge in [0.2, 0.25) is 5.95 Å². The van der Waals surface area contributed by atoms with Crippen molar-refractivity contribution in [1.29, 1.82) is 0 Å². The van der Waals surface area contributed by atoms with Gasteiger partial charge in [-0.25, -0.2) is 4.98 Å². The fourth-order valence-corrected chi connectivity index (χ4v) is 5.10. The quantitative estimate of drug-likeness (QED) is 0.265. The van der Waals surface area contributed by atoms with E-state index in [0.717, 1.165) is 0 Å². The normalized spacial score (nSPS) is 29.5. The molecule has 0 saturated carbocycles. The van der Waals surface area contributed by atoms with Gasteiger partial charge in [-0.2, -0.15) is 9.97 Å². The third-order valence-electron chi connectivity index (χ3n) is 6.01. The molecule has 0 spiro atoms. The van der Waals surface area contributed by atoms with E-state index in [1.54, 1.807) is 20.8 Å². The summed E-state index contributed by atoms with van der Waals surface area (Å²) < 4.78 is 25.5. The van der Waals surface area contributed by atoms with E-state index in [-0.39, 0.29) is 41.5 Å². The Morgan fingerprint density at radius 2 is 1.94 bits per heavy atom. The molecule has 2 aromatic heterocycles. The summed E-state index contributed by atoms with van der Waals surface area (Å²) in [5.74, 6) is -0.0949. The first-order valence-electron chi connectivity index (χ1n) is 10.2. The molecule has 0 radical (unpaired) electrons. The van der Waals surface area contributed by atoms with Gasteiger partial charge in [0.1, 0.15) is 17.7 Å². The molecule has 12 nitrogen and oxygen atoms in total. The largest absolute Gasteiger partial charge is 0.388 e. The maximum absolute atomic E-state index is 12.7. The molecule has 3 heterocycles. The monoisotopic (exact) mass is 493 g/mol. The number of aliphatic hydroxyl groups is 3. The Morgan fingerprint density at radius 1 is 1.28 bits per heavy atom. The van der Waals surface area contributed by atoms with E-state index >= 15 is 0 Å². The lowest BCUT2D eigenvalue weighted by Gasteiger charge is -2.37. The summed E-state index contributed by atoms with van der Waals surface area (Å²) in [6, 6.07) is 0. The molecule has 1 saturated heterocycles. The van der Waals surface area contributed by atoms with Crippen LogP contribution in [0.25, 0.3) is 11.2 Å². The topological polar surface area (TPSA) is 186 Å². The first-order chi connectivity index (χ1) is 14.7.